The number of hydrogen-bond acceptors (Lipinski definition) is 7. The summed E-state index contributed by atoms with van der Waals surface area (Å²) in [6.45, 7) is 1.92. The van der Waals surface area contributed by atoms with Crippen LogP contribution in [0.3, 0.4) is 0 Å². The third kappa shape index (κ3) is 2.89. The molecule has 8 N–H and O–H groups in total. The van der Waals surface area contributed by atoms with Crippen LogP contribution in [0.4, 0.5) is 5.69 Å². The van der Waals surface area contributed by atoms with Crippen molar-refractivity contribution < 1.29 is 9.53 Å². The number of Topliss-reactive ketones (excluding diaryl/α,β-unsaturated/α-hetero) is 1. The second-order valence-electron chi connectivity index (χ2n) is 8.14. The molecule has 0 amide bonds. The van der Waals surface area contributed by atoms with E-state index in [4.69, 9.17) is 27.7 Å². The molecule has 0 aromatic heterocycles. The number of ketones is 1. The summed E-state index contributed by atoms with van der Waals surface area (Å²) in [4.78, 5) is 14.5. The van der Waals surface area contributed by atoms with E-state index in [1.807, 2.05) is 61.5 Å². The van der Waals surface area contributed by atoms with Gasteiger partial charge < -0.3 is 27.7 Å². The van der Waals surface area contributed by atoms with Crippen LogP contribution in [0.15, 0.2) is 65.6 Å². The monoisotopic (exact) mass is 432 g/mol. The van der Waals surface area contributed by atoms with Gasteiger partial charge in [0.15, 0.2) is 5.78 Å². The first-order chi connectivity index (χ1) is 14.8. The van der Waals surface area contributed by atoms with Gasteiger partial charge in [-0.25, -0.2) is 0 Å². The summed E-state index contributed by atoms with van der Waals surface area (Å²) in [5, 5.41) is -0.329. The van der Waals surface area contributed by atoms with Crippen LogP contribution < -0.4 is 27.7 Å². The lowest BCUT2D eigenvalue weighted by atomic mass is 9.65. The van der Waals surface area contributed by atoms with Crippen molar-refractivity contribution >= 4 is 23.2 Å². The first-order valence-corrected chi connectivity index (χ1v) is 11.0. The average molecular weight is 433 g/mol. The molecule has 0 fully saturated rings. The molecule has 0 saturated carbocycles. The Kier molecular flexibility index (Phi) is 4.60. The third-order valence-electron chi connectivity index (χ3n) is 6.27. The molecule has 0 bridgehead atoms. The van der Waals surface area contributed by atoms with Crippen molar-refractivity contribution in [1.29, 1.82) is 0 Å². The number of hydrogen-bond donors (Lipinski definition) is 4. The van der Waals surface area contributed by atoms with Crippen LogP contribution >= 0.6 is 11.8 Å². The van der Waals surface area contributed by atoms with Gasteiger partial charge in [-0.3, -0.25) is 4.79 Å². The number of carbonyl (C=O) groups is 1. The fraction of sp³-hybridized carbons (Fsp3) is 0.208. The van der Waals surface area contributed by atoms with Gasteiger partial charge in [-0.2, -0.15) is 0 Å². The van der Waals surface area contributed by atoms with Gasteiger partial charge in [-0.05, 0) is 59.5 Å². The number of nitrogens with two attached hydrogens (primary N) is 4. The Morgan fingerprint density at radius 1 is 0.968 bits per heavy atom. The van der Waals surface area contributed by atoms with Gasteiger partial charge >= 0.3 is 0 Å². The molecule has 1 aliphatic carbocycles. The molecule has 158 valence electrons. The van der Waals surface area contributed by atoms with E-state index in [1.54, 1.807) is 6.07 Å². The molecule has 3 aromatic rings. The number of para-hydroxylation sites is 1. The number of ether oxygens (including phenoxy) is 1. The van der Waals surface area contributed by atoms with Gasteiger partial charge in [0, 0.05) is 16.5 Å². The van der Waals surface area contributed by atoms with Crippen LogP contribution in [0, 0.1) is 6.92 Å². The van der Waals surface area contributed by atoms with Gasteiger partial charge in [0.05, 0.1) is 11.4 Å². The molecule has 4 unspecified atom stereocenters. The van der Waals surface area contributed by atoms with E-state index in [1.165, 1.54) is 11.8 Å². The minimum atomic E-state index is -1.38. The molecule has 7 heteroatoms. The predicted octanol–water partition coefficient (Wildman–Crippen LogP) is 2.96. The summed E-state index contributed by atoms with van der Waals surface area (Å²) in [5.41, 5.74) is 28.3. The molecule has 6 nitrogen and oxygen atoms in total. The van der Waals surface area contributed by atoms with Crippen LogP contribution in [-0.2, 0) is 10.3 Å². The summed E-state index contributed by atoms with van der Waals surface area (Å²) in [6, 6.07) is 17.9. The van der Waals surface area contributed by atoms with E-state index in [-0.39, 0.29) is 17.1 Å². The maximum absolute atomic E-state index is 13.6. The Balaban J connectivity index is 1.63. The second kappa shape index (κ2) is 7.10. The van der Waals surface area contributed by atoms with E-state index in [9.17, 15) is 4.79 Å². The SMILES string of the molecule is Cc1cc(Oc2ccccc2)ccc1C1(N)C(=O)C(N)C2c3c1ccc(N)c3SC2N. The molecule has 31 heavy (non-hydrogen) atoms. The van der Waals surface area contributed by atoms with Crippen LogP contribution in [0.5, 0.6) is 11.5 Å². The fourth-order valence-electron chi connectivity index (χ4n) is 4.78. The van der Waals surface area contributed by atoms with E-state index >= 15 is 0 Å². The molecule has 1 aliphatic heterocycles. The Bertz CT molecular complexity index is 1200. The molecule has 3 aromatic carbocycles. The highest BCUT2D eigenvalue weighted by molar-refractivity contribution is 8.00. The summed E-state index contributed by atoms with van der Waals surface area (Å²) in [6.07, 6.45) is 0. The van der Waals surface area contributed by atoms with Crippen molar-refractivity contribution in [3.63, 3.8) is 0 Å². The molecule has 0 spiro atoms. The zero-order valence-corrected chi connectivity index (χ0v) is 17.9. The quantitative estimate of drug-likeness (QED) is 0.468. The Morgan fingerprint density at radius 2 is 1.68 bits per heavy atom. The maximum Gasteiger partial charge on any atom is 0.179 e. The smallest absolute Gasteiger partial charge is 0.179 e. The lowest BCUT2D eigenvalue weighted by molar-refractivity contribution is -0.125. The van der Waals surface area contributed by atoms with Gasteiger partial charge in [0.25, 0.3) is 0 Å². The van der Waals surface area contributed by atoms with Gasteiger partial charge in [-0.1, -0.05) is 30.3 Å². The van der Waals surface area contributed by atoms with Crippen molar-refractivity contribution in [1.82, 2.24) is 0 Å². The van der Waals surface area contributed by atoms with Crippen molar-refractivity contribution in [3.8, 4) is 11.5 Å². The fourth-order valence-corrected chi connectivity index (χ4v) is 6.08. The summed E-state index contributed by atoms with van der Waals surface area (Å²) < 4.78 is 5.94. The standard InChI is InChI=1S/C24H24N4O2S/c1-12-11-14(30-13-5-3-2-4-6-13)7-8-15(12)24(28)16-9-10-17(25)21-18(16)19(23(27)31-21)20(26)22(24)29/h2-11,19-20,23H,25-28H2,1H3. The van der Waals surface area contributed by atoms with Crippen molar-refractivity contribution in [2.45, 2.75) is 34.7 Å². The largest absolute Gasteiger partial charge is 0.457 e. The summed E-state index contributed by atoms with van der Waals surface area (Å²) >= 11 is 1.46. The lowest BCUT2D eigenvalue weighted by Gasteiger charge is -2.41. The number of carbonyl (C=O) groups excluding carboxylic acids is 1. The number of rotatable bonds is 3. The van der Waals surface area contributed by atoms with Crippen molar-refractivity contribution in [3.05, 3.63) is 82.9 Å². The molecule has 0 radical (unpaired) electrons. The first-order valence-electron chi connectivity index (χ1n) is 10.1. The molecule has 0 saturated heterocycles. The Morgan fingerprint density at radius 3 is 2.39 bits per heavy atom. The molecular weight excluding hydrogens is 408 g/mol. The van der Waals surface area contributed by atoms with E-state index in [0.29, 0.717) is 17.0 Å². The van der Waals surface area contributed by atoms with Gasteiger partial charge in [0.2, 0.25) is 0 Å². The highest BCUT2D eigenvalue weighted by atomic mass is 32.2. The number of aryl methyl sites for hydroxylation is 1. The Labute approximate surface area is 184 Å². The summed E-state index contributed by atoms with van der Waals surface area (Å²) in [7, 11) is 0. The number of nitrogen functional groups attached to an aromatic ring is 1. The number of anilines is 1. The molecule has 5 rings (SSSR count). The molecular formula is C24H24N4O2S. The van der Waals surface area contributed by atoms with Gasteiger partial charge in [-0.15, -0.1) is 11.8 Å². The van der Waals surface area contributed by atoms with E-state index in [2.05, 4.69) is 0 Å². The van der Waals surface area contributed by atoms with Crippen molar-refractivity contribution in [2.75, 3.05) is 5.73 Å². The van der Waals surface area contributed by atoms with Crippen LogP contribution in [0.2, 0.25) is 0 Å². The highest BCUT2D eigenvalue weighted by Crippen LogP contribution is 2.55. The minimum Gasteiger partial charge on any atom is -0.457 e. The predicted molar refractivity (Wildman–Crippen MR) is 123 cm³/mol. The van der Waals surface area contributed by atoms with Crippen LogP contribution in [0.25, 0.3) is 0 Å². The maximum atomic E-state index is 13.6. The number of benzene rings is 3. The third-order valence-corrected chi connectivity index (χ3v) is 7.53. The minimum absolute atomic E-state index is 0.238. The Hall–Kier alpha value is -2.84. The zero-order chi connectivity index (χ0) is 21.9. The number of thioether (sulfide) groups is 1. The van der Waals surface area contributed by atoms with E-state index in [0.717, 1.165) is 27.3 Å². The molecule has 1 heterocycles. The average Bonchev–Trinajstić information content (AvgIpc) is 3.10. The van der Waals surface area contributed by atoms with Gasteiger partial charge in [0.1, 0.15) is 17.0 Å². The highest BCUT2D eigenvalue weighted by Gasteiger charge is 2.54. The van der Waals surface area contributed by atoms with E-state index < -0.39 is 11.6 Å². The van der Waals surface area contributed by atoms with Crippen LogP contribution in [-0.4, -0.2) is 17.2 Å². The first kappa shape index (κ1) is 20.1. The normalized spacial score (nSPS) is 26.6. The topological polar surface area (TPSA) is 130 Å². The lowest BCUT2D eigenvalue weighted by Crippen LogP contribution is -2.60. The summed E-state index contributed by atoms with van der Waals surface area (Å²) in [5.74, 6) is 0.863. The molecule has 2 aliphatic rings. The molecule has 4 atom stereocenters. The second-order valence-corrected chi connectivity index (χ2v) is 9.33. The van der Waals surface area contributed by atoms with Crippen LogP contribution in [0.1, 0.15) is 28.2 Å². The van der Waals surface area contributed by atoms with Crippen molar-refractivity contribution in [2.24, 2.45) is 17.2 Å². The zero-order valence-electron chi connectivity index (χ0n) is 17.0.